The van der Waals surface area contributed by atoms with Crippen LogP contribution >= 0.6 is 0 Å². The lowest BCUT2D eigenvalue weighted by Crippen LogP contribution is -2.48. The molecule has 24 heavy (non-hydrogen) atoms. The summed E-state index contributed by atoms with van der Waals surface area (Å²) in [5.41, 5.74) is 2.72. The van der Waals surface area contributed by atoms with Gasteiger partial charge in [0, 0.05) is 10.9 Å². The van der Waals surface area contributed by atoms with E-state index in [1.165, 1.54) is 0 Å². The molecule has 1 amide bonds. The Bertz CT molecular complexity index is 859. The van der Waals surface area contributed by atoms with Crippen LogP contribution < -0.4 is 0 Å². The van der Waals surface area contributed by atoms with Crippen molar-refractivity contribution >= 4 is 16.8 Å². The molecular weight excluding hydrogens is 302 g/mol. The maximum atomic E-state index is 13.0. The Morgan fingerprint density at radius 2 is 2.08 bits per heavy atom. The topological polar surface area (TPSA) is 58.2 Å². The summed E-state index contributed by atoms with van der Waals surface area (Å²) in [7, 11) is 0. The van der Waals surface area contributed by atoms with Crippen molar-refractivity contribution in [2.45, 2.75) is 19.1 Å². The van der Waals surface area contributed by atoms with Crippen LogP contribution in [0.1, 0.15) is 28.9 Å². The molecule has 3 aromatic rings. The van der Waals surface area contributed by atoms with Gasteiger partial charge in [0.15, 0.2) is 0 Å². The fraction of sp³-hybridized carbons (Fsp3) is 0.263. The van der Waals surface area contributed by atoms with Crippen molar-refractivity contribution in [2.24, 2.45) is 0 Å². The normalized spacial score (nSPS) is 21.1. The van der Waals surface area contributed by atoms with E-state index in [0.29, 0.717) is 18.7 Å². The molecule has 0 bridgehead atoms. The van der Waals surface area contributed by atoms with Crippen LogP contribution in [0, 0.1) is 0 Å². The number of aromatic amines is 1. The predicted octanol–water partition coefficient (Wildman–Crippen LogP) is 3.17. The van der Waals surface area contributed by atoms with Crippen molar-refractivity contribution < 1.29 is 9.53 Å². The van der Waals surface area contributed by atoms with Crippen LogP contribution in [-0.4, -0.2) is 40.2 Å². The van der Waals surface area contributed by atoms with Crippen LogP contribution in [0.5, 0.6) is 0 Å². The molecular formula is C19H19N3O2. The van der Waals surface area contributed by atoms with Crippen molar-refractivity contribution in [1.29, 1.82) is 0 Å². The third-order valence-electron chi connectivity index (χ3n) is 4.55. The van der Waals surface area contributed by atoms with Gasteiger partial charge in [-0.25, -0.2) is 0 Å². The third kappa shape index (κ3) is 2.67. The third-order valence-corrected chi connectivity index (χ3v) is 4.55. The van der Waals surface area contributed by atoms with Gasteiger partial charge >= 0.3 is 0 Å². The highest BCUT2D eigenvalue weighted by Crippen LogP contribution is 2.26. The number of nitrogens with one attached hydrogen (secondary N) is 1. The van der Waals surface area contributed by atoms with E-state index in [1.807, 2.05) is 60.4 Å². The van der Waals surface area contributed by atoms with E-state index in [1.54, 1.807) is 6.20 Å². The Labute approximate surface area is 140 Å². The van der Waals surface area contributed by atoms with E-state index < -0.39 is 0 Å². The number of ether oxygens (including phenoxy) is 1. The lowest BCUT2D eigenvalue weighted by molar-refractivity contribution is -0.0486. The van der Waals surface area contributed by atoms with Gasteiger partial charge in [-0.1, -0.05) is 30.3 Å². The molecule has 5 nitrogen and oxygen atoms in total. The predicted molar refractivity (Wildman–Crippen MR) is 91.7 cm³/mol. The van der Waals surface area contributed by atoms with Crippen molar-refractivity contribution in [3.05, 3.63) is 65.9 Å². The minimum absolute atomic E-state index is 0.0369. The van der Waals surface area contributed by atoms with E-state index in [-0.39, 0.29) is 18.1 Å². The summed E-state index contributed by atoms with van der Waals surface area (Å²) in [6, 6.07) is 15.8. The number of benzene rings is 2. The molecule has 5 heteroatoms. The Kier molecular flexibility index (Phi) is 3.78. The molecule has 122 valence electrons. The van der Waals surface area contributed by atoms with Gasteiger partial charge in [-0.2, -0.15) is 5.10 Å². The number of carbonyl (C=O) groups is 1. The molecule has 1 saturated heterocycles. The molecule has 2 atom stereocenters. The average Bonchev–Trinajstić information content (AvgIpc) is 3.10. The van der Waals surface area contributed by atoms with Gasteiger partial charge < -0.3 is 9.64 Å². The minimum atomic E-state index is -0.0796. The largest absolute Gasteiger partial charge is 0.370 e. The number of fused-ring (bicyclic) bond motifs is 1. The molecule has 1 fully saturated rings. The molecule has 2 aromatic carbocycles. The van der Waals surface area contributed by atoms with Gasteiger partial charge in [0.05, 0.1) is 30.9 Å². The van der Waals surface area contributed by atoms with Crippen LogP contribution in [0.4, 0.5) is 0 Å². The van der Waals surface area contributed by atoms with Crippen molar-refractivity contribution in [2.75, 3.05) is 13.2 Å². The minimum Gasteiger partial charge on any atom is -0.370 e. The van der Waals surface area contributed by atoms with Gasteiger partial charge in [0.25, 0.3) is 5.91 Å². The Balaban J connectivity index is 1.59. The van der Waals surface area contributed by atoms with Gasteiger partial charge in [0.1, 0.15) is 6.10 Å². The van der Waals surface area contributed by atoms with Gasteiger partial charge in [-0.15, -0.1) is 0 Å². The van der Waals surface area contributed by atoms with E-state index in [9.17, 15) is 4.79 Å². The van der Waals surface area contributed by atoms with Crippen molar-refractivity contribution in [3.63, 3.8) is 0 Å². The highest BCUT2D eigenvalue weighted by Gasteiger charge is 2.31. The standard InChI is InChI=1S/C19H19N3O2/c1-13-12-24-18(14-5-3-2-4-6-14)11-22(13)19(23)15-7-8-17-16(9-15)10-20-21-17/h2-10,13,18H,11-12H2,1H3,(H,20,21)/t13-,18-/m1/s1. The van der Waals surface area contributed by atoms with Crippen molar-refractivity contribution in [3.8, 4) is 0 Å². The van der Waals surface area contributed by atoms with E-state index in [2.05, 4.69) is 10.2 Å². The Morgan fingerprint density at radius 1 is 1.25 bits per heavy atom. The molecule has 1 N–H and O–H groups in total. The first kappa shape index (κ1) is 14.9. The highest BCUT2D eigenvalue weighted by atomic mass is 16.5. The molecule has 0 unspecified atom stereocenters. The first-order valence-corrected chi connectivity index (χ1v) is 8.13. The number of rotatable bonds is 2. The number of hydrogen-bond donors (Lipinski definition) is 1. The molecule has 0 radical (unpaired) electrons. The number of morpholine rings is 1. The maximum Gasteiger partial charge on any atom is 0.254 e. The first-order chi connectivity index (χ1) is 11.7. The van der Waals surface area contributed by atoms with E-state index in [0.717, 1.165) is 16.5 Å². The second kappa shape index (κ2) is 6.09. The second-order valence-electron chi connectivity index (χ2n) is 6.21. The lowest BCUT2D eigenvalue weighted by Gasteiger charge is -2.38. The summed E-state index contributed by atoms with van der Waals surface area (Å²) < 4.78 is 5.94. The summed E-state index contributed by atoms with van der Waals surface area (Å²) in [5.74, 6) is 0.0369. The Morgan fingerprint density at radius 3 is 2.92 bits per heavy atom. The van der Waals surface area contributed by atoms with Gasteiger partial charge in [0.2, 0.25) is 0 Å². The van der Waals surface area contributed by atoms with Crippen LogP contribution in [0.3, 0.4) is 0 Å². The zero-order chi connectivity index (χ0) is 16.5. The van der Waals surface area contributed by atoms with Gasteiger partial charge in [-0.3, -0.25) is 9.89 Å². The highest BCUT2D eigenvalue weighted by molar-refractivity contribution is 5.98. The molecule has 1 aromatic heterocycles. The maximum absolute atomic E-state index is 13.0. The molecule has 0 saturated carbocycles. The quantitative estimate of drug-likeness (QED) is 0.789. The monoisotopic (exact) mass is 321 g/mol. The number of H-pyrrole nitrogens is 1. The van der Waals surface area contributed by atoms with Crippen molar-refractivity contribution in [1.82, 2.24) is 15.1 Å². The second-order valence-corrected chi connectivity index (χ2v) is 6.21. The number of aromatic nitrogens is 2. The summed E-state index contributed by atoms with van der Waals surface area (Å²) in [4.78, 5) is 14.9. The average molecular weight is 321 g/mol. The fourth-order valence-corrected chi connectivity index (χ4v) is 3.15. The molecule has 2 heterocycles. The van der Waals surface area contributed by atoms with Crippen LogP contribution in [-0.2, 0) is 4.74 Å². The zero-order valence-electron chi connectivity index (χ0n) is 13.5. The summed E-state index contributed by atoms with van der Waals surface area (Å²) in [6.45, 7) is 3.13. The van der Waals surface area contributed by atoms with E-state index >= 15 is 0 Å². The van der Waals surface area contributed by atoms with Gasteiger partial charge in [-0.05, 0) is 30.7 Å². The first-order valence-electron chi connectivity index (χ1n) is 8.13. The zero-order valence-corrected chi connectivity index (χ0v) is 13.5. The smallest absolute Gasteiger partial charge is 0.254 e. The lowest BCUT2D eigenvalue weighted by atomic mass is 10.0. The van der Waals surface area contributed by atoms with Crippen LogP contribution in [0.2, 0.25) is 0 Å². The fourth-order valence-electron chi connectivity index (χ4n) is 3.15. The van der Waals surface area contributed by atoms with Crippen LogP contribution in [0.25, 0.3) is 10.9 Å². The van der Waals surface area contributed by atoms with E-state index in [4.69, 9.17) is 4.74 Å². The molecule has 1 aliphatic rings. The molecule has 0 aliphatic carbocycles. The summed E-state index contributed by atoms with van der Waals surface area (Å²) >= 11 is 0. The number of carbonyl (C=O) groups excluding carboxylic acids is 1. The van der Waals surface area contributed by atoms with Crippen LogP contribution in [0.15, 0.2) is 54.7 Å². The number of nitrogens with zero attached hydrogens (tertiary/aromatic N) is 2. The molecule has 4 rings (SSSR count). The summed E-state index contributed by atoms with van der Waals surface area (Å²) in [5, 5.41) is 7.86. The Hall–Kier alpha value is -2.66. The number of hydrogen-bond acceptors (Lipinski definition) is 3. The molecule has 1 aliphatic heterocycles. The molecule has 0 spiro atoms. The number of amides is 1. The summed E-state index contributed by atoms with van der Waals surface area (Å²) in [6.07, 6.45) is 1.66. The SMILES string of the molecule is C[C@@H]1CO[C@@H](c2ccccc2)CN1C(=O)c1ccc2[nH]ncc2c1.